The fourth-order valence-electron chi connectivity index (χ4n) is 4.88. The average molecular weight is 432 g/mol. The molecule has 1 unspecified atom stereocenters. The van der Waals surface area contributed by atoms with Crippen LogP contribution in [-0.2, 0) is 9.59 Å². The van der Waals surface area contributed by atoms with Crippen LogP contribution in [0, 0.1) is 0 Å². The maximum Gasteiger partial charge on any atom is 0.335 e. The van der Waals surface area contributed by atoms with E-state index in [2.05, 4.69) is 50.0 Å². The van der Waals surface area contributed by atoms with Crippen molar-refractivity contribution in [1.82, 2.24) is 5.32 Å². The molecule has 1 N–H and O–H groups in total. The summed E-state index contributed by atoms with van der Waals surface area (Å²) in [6.45, 7) is 9.92. The number of hydrogen-bond donors (Lipinski definition) is 1. The Morgan fingerprint density at radius 1 is 1.09 bits per heavy atom. The number of urea groups is 1. The van der Waals surface area contributed by atoms with Crippen LogP contribution < -0.4 is 15.1 Å². The Kier molecular flexibility index (Phi) is 5.63. The number of nitrogens with zero attached hydrogens (tertiary/aromatic N) is 2. The Hall–Kier alpha value is -3.41. The van der Waals surface area contributed by atoms with Crippen molar-refractivity contribution in [2.45, 2.75) is 52.0 Å². The van der Waals surface area contributed by atoms with Crippen molar-refractivity contribution >= 4 is 35.3 Å². The monoisotopic (exact) mass is 431 g/mol. The van der Waals surface area contributed by atoms with E-state index in [1.807, 2.05) is 6.07 Å². The summed E-state index contributed by atoms with van der Waals surface area (Å²) in [7, 11) is 0. The lowest BCUT2D eigenvalue weighted by atomic mass is 9.79. The van der Waals surface area contributed by atoms with E-state index < -0.39 is 17.8 Å². The van der Waals surface area contributed by atoms with Crippen LogP contribution in [0.5, 0.6) is 0 Å². The van der Waals surface area contributed by atoms with Gasteiger partial charge < -0.3 is 4.90 Å². The molecule has 0 spiro atoms. The van der Waals surface area contributed by atoms with Gasteiger partial charge in [0.15, 0.2) is 0 Å². The van der Waals surface area contributed by atoms with Crippen molar-refractivity contribution < 1.29 is 14.4 Å². The third-order valence-electron chi connectivity index (χ3n) is 6.28. The summed E-state index contributed by atoms with van der Waals surface area (Å²) in [6.07, 6.45) is 3.66. The lowest BCUT2D eigenvalue weighted by Crippen LogP contribution is -2.54. The summed E-state index contributed by atoms with van der Waals surface area (Å²) in [5.41, 5.74) is 3.63. The first-order valence-corrected chi connectivity index (χ1v) is 11.1. The normalized spacial score (nSPS) is 21.6. The van der Waals surface area contributed by atoms with Gasteiger partial charge in [-0.05, 0) is 74.1 Å². The topological polar surface area (TPSA) is 69.7 Å². The predicted octanol–water partition coefficient (Wildman–Crippen LogP) is 4.86. The Morgan fingerprint density at radius 3 is 2.50 bits per heavy atom. The van der Waals surface area contributed by atoms with Crippen LogP contribution in [-0.4, -0.2) is 29.9 Å². The molecule has 0 radical (unpaired) electrons. The van der Waals surface area contributed by atoms with E-state index in [0.717, 1.165) is 29.8 Å². The number of barbiturate groups is 1. The number of amides is 4. The summed E-state index contributed by atoms with van der Waals surface area (Å²) in [5.74, 6) is -0.944. The second-order valence-corrected chi connectivity index (χ2v) is 9.18. The molecule has 6 heteroatoms. The van der Waals surface area contributed by atoms with Crippen molar-refractivity contribution in [3.8, 4) is 0 Å². The molecule has 1 fully saturated rings. The van der Waals surface area contributed by atoms with Gasteiger partial charge in [-0.2, -0.15) is 0 Å². The van der Waals surface area contributed by atoms with Crippen LogP contribution in [0.1, 0.15) is 57.6 Å². The van der Waals surface area contributed by atoms with Crippen LogP contribution >= 0.6 is 0 Å². The molecule has 0 aromatic heterocycles. The molecule has 32 heavy (non-hydrogen) atoms. The lowest BCUT2D eigenvalue weighted by molar-refractivity contribution is -0.122. The molecule has 0 saturated carbocycles. The van der Waals surface area contributed by atoms with Gasteiger partial charge in [0.25, 0.3) is 11.8 Å². The van der Waals surface area contributed by atoms with Crippen LogP contribution in [0.4, 0.5) is 16.2 Å². The second kappa shape index (κ2) is 8.26. The van der Waals surface area contributed by atoms with Crippen molar-refractivity contribution in [1.29, 1.82) is 0 Å². The maximum absolute atomic E-state index is 13.1. The number of fused-ring (bicyclic) bond motifs is 1. The SMILES string of the molecule is CCCN1c2ccc(/C=C3/C(=O)NC(=O)N(c4ccccc4)C3=O)cc2C(C)CC1(C)C. The fourth-order valence-corrected chi connectivity index (χ4v) is 4.88. The molecule has 6 nitrogen and oxygen atoms in total. The van der Waals surface area contributed by atoms with Crippen molar-refractivity contribution in [3.05, 3.63) is 65.2 Å². The van der Waals surface area contributed by atoms with E-state index in [1.54, 1.807) is 36.4 Å². The molecule has 4 rings (SSSR count). The number of imide groups is 2. The molecule has 2 aromatic carbocycles. The Labute approximate surface area is 188 Å². The summed E-state index contributed by atoms with van der Waals surface area (Å²) < 4.78 is 0. The van der Waals surface area contributed by atoms with Crippen LogP contribution in [0.15, 0.2) is 54.1 Å². The van der Waals surface area contributed by atoms with E-state index >= 15 is 0 Å². The van der Waals surface area contributed by atoms with E-state index in [9.17, 15) is 14.4 Å². The third kappa shape index (κ3) is 3.81. The van der Waals surface area contributed by atoms with Crippen molar-refractivity contribution in [3.63, 3.8) is 0 Å². The van der Waals surface area contributed by atoms with Gasteiger partial charge in [0.2, 0.25) is 0 Å². The van der Waals surface area contributed by atoms with Gasteiger partial charge in [-0.1, -0.05) is 38.1 Å². The number of hydrogen-bond acceptors (Lipinski definition) is 4. The lowest BCUT2D eigenvalue weighted by Gasteiger charge is -2.47. The number of anilines is 2. The van der Waals surface area contributed by atoms with Gasteiger partial charge in [-0.15, -0.1) is 0 Å². The van der Waals surface area contributed by atoms with Crippen LogP contribution in [0.25, 0.3) is 6.08 Å². The number of benzene rings is 2. The Balaban J connectivity index is 1.72. The minimum absolute atomic E-state index is 0.0531. The summed E-state index contributed by atoms with van der Waals surface area (Å²) in [4.78, 5) is 41.4. The standard InChI is InChI=1S/C26H29N3O3/c1-5-13-28-22-12-11-18(14-20(22)17(2)16-26(28,3)4)15-21-23(30)27-25(32)29(24(21)31)19-9-7-6-8-10-19/h6-12,14-15,17H,5,13,16H2,1-4H3,(H,27,30,32)/b21-15-. The average Bonchev–Trinajstić information content (AvgIpc) is 2.74. The van der Waals surface area contributed by atoms with Gasteiger partial charge in [-0.25, -0.2) is 9.69 Å². The smallest absolute Gasteiger partial charge is 0.335 e. The number of nitrogens with one attached hydrogen (secondary N) is 1. The van der Waals surface area contributed by atoms with E-state index in [-0.39, 0.29) is 11.1 Å². The van der Waals surface area contributed by atoms with Crippen molar-refractivity contribution in [2.24, 2.45) is 0 Å². The van der Waals surface area contributed by atoms with Gasteiger partial charge in [-0.3, -0.25) is 14.9 Å². The number of carbonyl (C=O) groups is 3. The van der Waals surface area contributed by atoms with Gasteiger partial charge >= 0.3 is 6.03 Å². The number of para-hydroxylation sites is 1. The Bertz CT molecular complexity index is 1100. The summed E-state index contributed by atoms with van der Waals surface area (Å²) in [5, 5.41) is 2.28. The van der Waals surface area contributed by atoms with Crippen molar-refractivity contribution in [2.75, 3.05) is 16.3 Å². The number of rotatable bonds is 4. The molecule has 4 amide bonds. The zero-order chi connectivity index (χ0) is 23.0. The van der Waals surface area contributed by atoms with Crippen LogP contribution in [0.2, 0.25) is 0 Å². The van der Waals surface area contributed by atoms with Gasteiger partial charge in [0, 0.05) is 17.8 Å². The molecule has 1 atom stereocenters. The minimum Gasteiger partial charge on any atom is -0.366 e. The quantitative estimate of drug-likeness (QED) is 0.555. The molecule has 2 aromatic rings. The molecule has 2 aliphatic heterocycles. The largest absolute Gasteiger partial charge is 0.366 e. The predicted molar refractivity (Wildman–Crippen MR) is 127 cm³/mol. The third-order valence-corrected chi connectivity index (χ3v) is 6.28. The molecule has 0 aliphatic carbocycles. The highest BCUT2D eigenvalue weighted by Crippen LogP contribution is 2.43. The molecular formula is C26H29N3O3. The van der Waals surface area contributed by atoms with E-state index in [4.69, 9.17) is 0 Å². The molecule has 2 aliphatic rings. The zero-order valence-corrected chi connectivity index (χ0v) is 19.0. The maximum atomic E-state index is 13.1. The molecular weight excluding hydrogens is 402 g/mol. The fraction of sp³-hybridized carbons (Fsp3) is 0.346. The highest BCUT2D eigenvalue weighted by molar-refractivity contribution is 6.39. The highest BCUT2D eigenvalue weighted by atomic mass is 16.2. The number of carbonyl (C=O) groups excluding carboxylic acids is 3. The molecule has 1 saturated heterocycles. The van der Waals surface area contributed by atoms with E-state index in [1.165, 1.54) is 11.3 Å². The van der Waals surface area contributed by atoms with Gasteiger partial charge in [0.1, 0.15) is 5.57 Å². The van der Waals surface area contributed by atoms with E-state index in [0.29, 0.717) is 11.6 Å². The zero-order valence-electron chi connectivity index (χ0n) is 19.0. The Morgan fingerprint density at radius 2 is 1.81 bits per heavy atom. The summed E-state index contributed by atoms with van der Waals surface area (Å²) in [6, 6.07) is 14.0. The second-order valence-electron chi connectivity index (χ2n) is 9.18. The summed E-state index contributed by atoms with van der Waals surface area (Å²) >= 11 is 0. The highest BCUT2D eigenvalue weighted by Gasteiger charge is 2.38. The first kappa shape index (κ1) is 21.8. The first-order valence-electron chi connectivity index (χ1n) is 11.1. The van der Waals surface area contributed by atoms with Crippen LogP contribution in [0.3, 0.4) is 0 Å². The molecule has 166 valence electrons. The molecule has 0 bridgehead atoms. The molecule has 2 heterocycles. The minimum atomic E-state index is -0.736. The van der Waals surface area contributed by atoms with Gasteiger partial charge in [0.05, 0.1) is 5.69 Å². The first-order chi connectivity index (χ1) is 15.2.